The molecule has 0 radical (unpaired) electrons. The van der Waals surface area contributed by atoms with Gasteiger partial charge in [0.15, 0.2) is 0 Å². The zero-order valence-corrected chi connectivity index (χ0v) is 11.3. The average molecular weight is 289 g/mol. The second kappa shape index (κ2) is 7.14. The molecule has 2 amide bonds. The number of alkyl halides is 3. The maximum absolute atomic E-state index is 11.9. The largest absolute Gasteiger partial charge is 0.390 e. The first-order valence-corrected chi connectivity index (χ1v) is 6.20. The number of anilines is 1. The minimum atomic E-state index is -4.27. The highest BCUT2D eigenvalue weighted by atomic mass is 19.4. The van der Waals surface area contributed by atoms with Crippen molar-refractivity contribution in [2.24, 2.45) is 0 Å². The van der Waals surface area contributed by atoms with Crippen LogP contribution in [-0.2, 0) is 0 Å². The lowest BCUT2D eigenvalue weighted by molar-refractivity contribution is -0.132. The lowest BCUT2D eigenvalue weighted by Gasteiger charge is -2.13. The molecule has 0 aliphatic heterocycles. The summed E-state index contributed by atoms with van der Waals surface area (Å²) >= 11 is 0. The molecule has 0 heterocycles. The first-order chi connectivity index (χ1) is 9.31. The molecule has 0 saturated heterocycles. The van der Waals surface area contributed by atoms with Crippen molar-refractivity contribution in [3.8, 4) is 0 Å². The second-order valence-electron chi connectivity index (χ2n) is 4.38. The van der Waals surface area contributed by atoms with Crippen molar-refractivity contribution in [3.05, 3.63) is 29.8 Å². The highest BCUT2D eigenvalue weighted by molar-refractivity contribution is 5.89. The quantitative estimate of drug-likeness (QED) is 0.780. The number of carbonyl (C=O) groups excluding carboxylic acids is 1. The third-order valence-electron chi connectivity index (χ3n) is 2.77. The SMILES string of the molecule is CNC(C)c1cccc(NC(=O)NCCC(F)(F)F)c1. The van der Waals surface area contributed by atoms with Gasteiger partial charge in [-0.1, -0.05) is 12.1 Å². The van der Waals surface area contributed by atoms with Crippen LogP contribution in [-0.4, -0.2) is 25.8 Å². The van der Waals surface area contributed by atoms with Gasteiger partial charge in [0.1, 0.15) is 0 Å². The van der Waals surface area contributed by atoms with Crippen LogP contribution in [0.1, 0.15) is 24.9 Å². The van der Waals surface area contributed by atoms with Crippen LogP contribution >= 0.6 is 0 Å². The van der Waals surface area contributed by atoms with Crippen LogP contribution in [0.3, 0.4) is 0 Å². The molecule has 7 heteroatoms. The summed E-state index contributed by atoms with van der Waals surface area (Å²) in [6.45, 7) is 1.52. The molecule has 0 spiro atoms. The lowest BCUT2D eigenvalue weighted by atomic mass is 10.1. The van der Waals surface area contributed by atoms with Gasteiger partial charge >= 0.3 is 12.2 Å². The predicted molar refractivity (Wildman–Crippen MR) is 71.6 cm³/mol. The standard InChI is InChI=1S/C13H18F3N3O/c1-9(17-2)10-4-3-5-11(8-10)19-12(20)18-7-6-13(14,15)16/h3-5,8-9,17H,6-7H2,1-2H3,(H2,18,19,20). The van der Waals surface area contributed by atoms with E-state index in [0.29, 0.717) is 5.69 Å². The van der Waals surface area contributed by atoms with Crippen LogP contribution in [0, 0.1) is 0 Å². The zero-order chi connectivity index (χ0) is 15.2. The molecular weight excluding hydrogens is 271 g/mol. The number of rotatable bonds is 5. The topological polar surface area (TPSA) is 53.2 Å². The molecule has 1 aromatic rings. The molecule has 112 valence electrons. The fraction of sp³-hybridized carbons (Fsp3) is 0.462. The predicted octanol–water partition coefficient (Wildman–Crippen LogP) is 3.04. The molecule has 0 aliphatic carbocycles. The Morgan fingerprint density at radius 1 is 1.35 bits per heavy atom. The first kappa shape index (κ1) is 16.3. The van der Waals surface area contributed by atoms with E-state index in [2.05, 4.69) is 16.0 Å². The van der Waals surface area contributed by atoms with Crippen LogP contribution in [0.15, 0.2) is 24.3 Å². The van der Waals surface area contributed by atoms with Crippen LogP contribution in [0.2, 0.25) is 0 Å². The van der Waals surface area contributed by atoms with Gasteiger partial charge < -0.3 is 16.0 Å². The molecule has 4 nitrogen and oxygen atoms in total. The van der Waals surface area contributed by atoms with E-state index in [-0.39, 0.29) is 6.04 Å². The Morgan fingerprint density at radius 2 is 2.05 bits per heavy atom. The fourth-order valence-corrected chi connectivity index (χ4v) is 1.55. The molecule has 0 aromatic heterocycles. The molecule has 20 heavy (non-hydrogen) atoms. The third-order valence-corrected chi connectivity index (χ3v) is 2.77. The molecule has 1 rings (SSSR count). The number of nitrogens with one attached hydrogen (secondary N) is 3. The summed E-state index contributed by atoms with van der Waals surface area (Å²) in [6.07, 6.45) is -5.31. The smallest absolute Gasteiger partial charge is 0.338 e. The van der Waals surface area contributed by atoms with Gasteiger partial charge in [-0.3, -0.25) is 0 Å². The Morgan fingerprint density at radius 3 is 2.65 bits per heavy atom. The fourth-order valence-electron chi connectivity index (χ4n) is 1.55. The summed E-state index contributed by atoms with van der Waals surface area (Å²) in [5, 5.41) is 7.73. The van der Waals surface area contributed by atoms with E-state index in [0.717, 1.165) is 5.56 Å². The van der Waals surface area contributed by atoms with Gasteiger partial charge in [-0.05, 0) is 31.7 Å². The Hall–Kier alpha value is -1.76. The van der Waals surface area contributed by atoms with E-state index in [1.165, 1.54) is 0 Å². The molecule has 0 saturated carbocycles. The van der Waals surface area contributed by atoms with Crippen molar-refractivity contribution in [2.75, 3.05) is 18.9 Å². The van der Waals surface area contributed by atoms with Crippen LogP contribution in [0.4, 0.5) is 23.7 Å². The average Bonchev–Trinajstić information content (AvgIpc) is 2.36. The number of hydrogen-bond acceptors (Lipinski definition) is 2. The highest BCUT2D eigenvalue weighted by Crippen LogP contribution is 2.18. The Bertz CT molecular complexity index is 449. The number of hydrogen-bond donors (Lipinski definition) is 3. The number of carbonyl (C=O) groups is 1. The monoisotopic (exact) mass is 289 g/mol. The molecule has 1 aromatic carbocycles. The Balaban J connectivity index is 2.50. The Labute approximate surface area is 115 Å². The third kappa shape index (κ3) is 5.92. The normalized spacial score (nSPS) is 12.8. The van der Waals surface area contributed by atoms with Gasteiger partial charge in [-0.25, -0.2) is 4.79 Å². The Kier molecular flexibility index (Phi) is 5.82. The van der Waals surface area contributed by atoms with Crippen molar-refractivity contribution in [3.63, 3.8) is 0 Å². The van der Waals surface area contributed by atoms with Crippen molar-refractivity contribution in [1.29, 1.82) is 0 Å². The van der Waals surface area contributed by atoms with Gasteiger partial charge in [0.05, 0.1) is 6.42 Å². The molecule has 1 atom stereocenters. The summed E-state index contributed by atoms with van der Waals surface area (Å²) in [5.74, 6) is 0. The first-order valence-electron chi connectivity index (χ1n) is 6.20. The zero-order valence-electron chi connectivity index (χ0n) is 11.3. The van der Waals surface area contributed by atoms with Crippen LogP contribution < -0.4 is 16.0 Å². The summed E-state index contributed by atoms with van der Waals surface area (Å²) in [5.41, 5.74) is 1.51. The maximum atomic E-state index is 11.9. The van der Waals surface area contributed by atoms with Crippen LogP contribution in [0.5, 0.6) is 0 Å². The van der Waals surface area contributed by atoms with Gasteiger partial charge in [0.25, 0.3) is 0 Å². The van der Waals surface area contributed by atoms with Gasteiger partial charge in [0, 0.05) is 18.3 Å². The van der Waals surface area contributed by atoms with E-state index in [4.69, 9.17) is 0 Å². The number of urea groups is 1. The van der Waals surface area contributed by atoms with Crippen molar-refractivity contribution in [2.45, 2.75) is 25.6 Å². The summed E-state index contributed by atoms with van der Waals surface area (Å²) in [7, 11) is 1.81. The number of amides is 2. The summed E-state index contributed by atoms with van der Waals surface area (Å²) < 4.78 is 35.8. The number of halogens is 3. The molecule has 0 fully saturated rings. The van der Waals surface area contributed by atoms with Gasteiger partial charge in [-0.15, -0.1) is 0 Å². The van der Waals surface area contributed by atoms with E-state index in [9.17, 15) is 18.0 Å². The summed E-state index contributed by atoms with van der Waals surface area (Å²) in [4.78, 5) is 11.4. The van der Waals surface area contributed by atoms with Crippen LogP contribution in [0.25, 0.3) is 0 Å². The van der Waals surface area contributed by atoms with Crippen molar-refractivity contribution in [1.82, 2.24) is 10.6 Å². The van der Waals surface area contributed by atoms with E-state index >= 15 is 0 Å². The lowest BCUT2D eigenvalue weighted by Crippen LogP contribution is -2.31. The van der Waals surface area contributed by atoms with E-state index in [1.54, 1.807) is 18.2 Å². The molecule has 1 unspecified atom stereocenters. The van der Waals surface area contributed by atoms with E-state index < -0.39 is 25.2 Å². The summed E-state index contributed by atoms with van der Waals surface area (Å²) in [6, 6.07) is 6.58. The highest BCUT2D eigenvalue weighted by Gasteiger charge is 2.26. The maximum Gasteiger partial charge on any atom is 0.390 e. The minimum Gasteiger partial charge on any atom is -0.338 e. The van der Waals surface area contributed by atoms with Gasteiger partial charge in [0.2, 0.25) is 0 Å². The minimum absolute atomic E-state index is 0.116. The number of benzene rings is 1. The molecule has 0 bridgehead atoms. The molecular formula is C13H18F3N3O. The molecule has 3 N–H and O–H groups in total. The second-order valence-corrected chi connectivity index (χ2v) is 4.38. The van der Waals surface area contributed by atoms with Gasteiger partial charge in [-0.2, -0.15) is 13.2 Å². The van der Waals surface area contributed by atoms with E-state index in [1.807, 2.05) is 20.0 Å². The van der Waals surface area contributed by atoms with Crippen molar-refractivity contribution >= 4 is 11.7 Å². The van der Waals surface area contributed by atoms with Crippen molar-refractivity contribution < 1.29 is 18.0 Å². The molecule has 0 aliphatic rings.